The van der Waals surface area contributed by atoms with Crippen molar-refractivity contribution in [2.24, 2.45) is 0 Å². The van der Waals surface area contributed by atoms with E-state index in [1.165, 1.54) is 24.6 Å². The summed E-state index contributed by atoms with van der Waals surface area (Å²) in [7, 11) is 1.62. The highest BCUT2D eigenvalue weighted by Crippen LogP contribution is 2.26. The largest absolute Gasteiger partial charge is 0.494 e. The number of thioether (sulfide) groups is 1. The fourth-order valence-electron chi connectivity index (χ4n) is 2.93. The lowest BCUT2D eigenvalue weighted by molar-refractivity contribution is -0.130. The van der Waals surface area contributed by atoms with Crippen molar-refractivity contribution in [3.8, 4) is 11.4 Å². The van der Waals surface area contributed by atoms with Gasteiger partial charge in [0.1, 0.15) is 11.4 Å². The lowest BCUT2D eigenvalue weighted by atomic mass is 10.2. The molecule has 0 bridgehead atoms. The van der Waals surface area contributed by atoms with Gasteiger partial charge in [0.25, 0.3) is 0 Å². The first kappa shape index (κ1) is 17.7. The average Bonchev–Trinajstić information content (AvgIpc) is 2.93. The summed E-state index contributed by atoms with van der Waals surface area (Å²) in [5.41, 5.74) is 0.788. The number of para-hydroxylation sites is 2. The Labute approximate surface area is 151 Å². The van der Waals surface area contributed by atoms with E-state index in [0.717, 1.165) is 31.6 Å². The smallest absolute Gasteiger partial charge is 0.223 e. The number of amides is 1. The Bertz CT molecular complexity index is 698. The van der Waals surface area contributed by atoms with Gasteiger partial charge < -0.3 is 9.64 Å². The quantitative estimate of drug-likeness (QED) is 0.736. The molecule has 7 nitrogen and oxygen atoms in total. The number of aromatic nitrogens is 4. The number of tetrazole rings is 1. The van der Waals surface area contributed by atoms with Crippen molar-refractivity contribution in [3.05, 3.63) is 24.3 Å². The van der Waals surface area contributed by atoms with Gasteiger partial charge in [-0.15, -0.1) is 5.10 Å². The van der Waals surface area contributed by atoms with Crippen LogP contribution in [-0.2, 0) is 4.79 Å². The molecule has 1 aromatic heterocycles. The molecule has 1 aliphatic rings. The highest BCUT2D eigenvalue weighted by Gasteiger charge is 2.17. The molecule has 3 rings (SSSR count). The lowest BCUT2D eigenvalue weighted by Crippen LogP contribution is -2.31. The van der Waals surface area contributed by atoms with E-state index in [1.54, 1.807) is 11.8 Å². The predicted molar refractivity (Wildman–Crippen MR) is 96.1 cm³/mol. The van der Waals surface area contributed by atoms with Crippen LogP contribution >= 0.6 is 11.8 Å². The molecule has 25 heavy (non-hydrogen) atoms. The zero-order valence-electron chi connectivity index (χ0n) is 14.4. The van der Waals surface area contributed by atoms with Crippen LogP contribution in [0.15, 0.2) is 29.4 Å². The number of carbonyl (C=O) groups is 1. The van der Waals surface area contributed by atoms with Gasteiger partial charge in [0.15, 0.2) is 0 Å². The van der Waals surface area contributed by atoms with Crippen LogP contribution in [0.1, 0.15) is 32.1 Å². The lowest BCUT2D eigenvalue weighted by Gasteiger charge is -2.20. The van der Waals surface area contributed by atoms with E-state index in [-0.39, 0.29) is 5.91 Å². The van der Waals surface area contributed by atoms with Crippen LogP contribution < -0.4 is 4.74 Å². The molecule has 0 atom stereocenters. The van der Waals surface area contributed by atoms with E-state index >= 15 is 0 Å². The molecule has 0 radical (unpaired) electrons. The van der Waals surface area contributed by atoms with Gasteiger partial charge in [-0.25, -0.2) is 0 Å². The molecule has 2 aromatic rings. The number of likely N-dealkylation sites (tertiary alicyclic amines) is 1. The molecule has 1 aromatic carbocycles. The molecule has 0 spiro atoms. The van der Waals surface area contributed by atoms with E-state index in [4.69, 9.17) is 4.74 Å². The fraction of sp³-hybridized carbons (Fsp3) is 0.529. The molecule has 0 saturated carbocycles. The minimum atomic E-state index is 0.228. The van der Waals surface area contributed by atoms with Gasteiger partial charge in [0.05, 0.1) is 7.11 Å². The van der Waals surface area contributed by atoms with E-state index in [0.29, 0.717) is 23.1 Å². The van der Waals surface area contributed by atoms with Crippen LogP contribution in [0.4, 0.5) is 0 Å². The molecule has 1 saturated heterocycles. The molecule has 1 amide bonds. The number of ether oxygens (including phenoxy) is 1. The van der Waals surface area contributed by atoms with E-state index < -0.39 is 0 Å². The second kappa shape index (κ2) is 8.84. The monoisotopic (exact) mass is 361 g/mol. The minimum Gasteiger partial charge on any atom is -0.494 e. The normalized spacial score (nSPS) is 15.0. The summed E-state index contributed by atoms with van der Waals surface area (Å²) >= 11 is 1.49. The summed E-state index contributed by atoms with van der Waals surface area (Å²) in [5, 5.41) is 12.6. The third-order valence-electron chi connectivity index (χ3n) is 4.26. The van der Waals surface area contributed by atoms with E-state index in [9.17, 15) is 4.79 Å². The molecule has 134 valence electrons. The summed E-state index contributed by atoms with van der Waals surface area (Å²) in [6.45, 7) is 1.78. The number of hydrogen-bond acceptors (Lipinski definition) is 6. The molecular formula is C17H23N5O2S. The molecular weight excluding hydrogens is 338 g/mol. The maximum Gasteiger partial charge on any atom is 0.223 e. The Morgan fingerprint density at radius 3 is 2.72 bits per heavy atom. The van der Waals surface area contributed by atoms with Gasteiger partial charge in [-0.2, -0.15) is 4.68 Å². The van der Waals surface area contributed by atoms with Crippen molar-refractivity contribution in [1.29, 1.82) is 0 Å². The van der Waals surface area contributed by atoms with Gasteiger partial charge >= 0.3 is 0 Å². The zero-order chi connectivity index (χ0) is 17.5. The number of hydrogen-bond donors (Lipinski definition) is 0. The highest BCUT2D eigenvalue weighted by molar-refractivity contribution is 7.99. The number of benzene rings is 1. The Balaban J connectivity index is 1.59. The topological polar surface area (TPSA) is 73.1 Å². The Morgan fingerprint density at radius 2 is 1.96 bits per heavy atom. The van der Waals surface area contributed by atoms with E-state index in [1.807, 2.05) is 29.2 Å². The number of carbonyl (C=O) groups excluding carboxylic acids is 1. The third kappa shape index (κ3) is 4.50. The maximum atomic E-state index is 12.4. The van der Waals surface area contributed by atoms with Crippen LogP contribution in [0.2, 0.25) is 0 Å². The van der Waals surface area contributed by atoms with Crippen LogP contribution in [0.3, 0.4) is 0 Å². The van der Waals surface area contributed by atoms with Gasteiger partial charge in [-0.05, 0) is 35.4 Å². The van der Waals surface area contributed by atoms with Gasteiger partial charge in [0.2, 0.25) is 11.1 Å². The molecule has 0 N–H and O–H groups in total. The van der Waals surface area contributed by atoms with Crippen LogP contribution in [0, 0.1) is 0 Å². The molecule has 1 fully saturated rings. The third-order valence-corrected chi connectivity index (χ3v) is 5.18. The van der Waals surface area contributed by atoms with Crippen molar-refractivity contribution in [1.82, 2.24) is 25.1 Å². The Kier molecular flexibility index (Phi) is 6.27. The molecule has 8 heteroatoms. The summed E-state index contributed by atoms with van der Waals surface area (Å²) < 4.78 is 7.02. The zero-order valence-corrected chi connectivity index (χ0v) is 15.2. The van der Waals surface area contributed by atoms with E-state index in [2.05, 4.69) is 15.5 Å². The predicted octanol–water partition coefficient (Wildman–Crippen LogP) is 2.56. The Morgan fingerprint density at radius 1 is 1.20 bits per heavy atom. The molecule has 0 aliphatic carbocycles. The fourth-order valence-corrected chi connectivity index (χ4v) is 3.74. The van der Waals surface area contributed by atoms with Crippen molar-refractivity contribution < 1.29 is 9.53 Å². The summed E-state index contributed by atoms with van der Waals surface area (Å²) in [6.07, 6.45) is 5.19. The number of rotatable bonds is 6. The van der Waals surface area contributed by atoms with Crippen molar-refractivity contribution >= 4 is 17.7 Å². The molecule has 0 unspecified atom stereocenters. The second-order valence-corrected chi connectivity index (χ2v) is 7.00. The summed E-state index contributed by atoms with van der Waals surface area (Å²) in [4.78, 5) is 14.4. The first-order valence-corrected chi connectivity index (χ1v) is 9.60. The number of nitrogens with zero attached hydrogens (tertiary/aromatic N) is 5. The van der Waals surface area contributed by atoms with Crippen LogP contribution in [-0.4, -0.2) is 57.0 Å². The first-order valence-electron chi connectivity index (χ1n) is 8.62. The van der Waals surface area contributed by atoms with Crippen molar-refractivity contribution in [3.63, 3.8) is 0 Å². The summed E-state index contributed by atoms with van der Waals surface area (Å²) in [5.74, 6) is 1.59. The average molecular weight is 361 g/mol. The van der Waals surface area contributed by atoms with Gasteiger partial charge in [-0.3, -0.25) is 4.79 Å². The Hall–Kier alpha value is -2.09. The molecule has 1 aliphatic heterocycles. The van der Waals surface area contributed by atoms with Crippen molar-refractivity contribution in [2.45, 2.75) is 37.3 Å². The summed E-state index contributed by atoms with van der Waals surface area (Å²) in [6, 6.07) is 7.59. The standard InChI is InChI=1S/C17H23N5O2S/c1-24-15-9-5-4-8-14(15)22-17(18-19-20-22)25-13-10-16(23)21-11-6-2-3-7-12-21/h4-5,8-9H,2-3,6-7,10-13H2,1H3. The van der Waals surface area contributed by atoms with Crippen molar-refractivity contribution in [2.75, 3.05) is 26.0 Å². The van der Waals surface area contributed by atoms with Crippen LogP contribution in [0.25, 0.3) is 5.69 Å². The second-order valence-electron chi connectivity index (χ2n) is 5.94. The minimum absolute atomic E-state index is 0.228. The van der Waals surface area contributed by atoms with Gasteiger partial charge in [0, 0.05) is 25.3 Å². The maximum absolute atomic E-state index is 12.4. The van der Waals surface area contributed by atoms with Crippen LogP contribution in [0.5, 0.6) is 5.75 Å². The SMILES string of the molecule is COc1ccccc1-n1nnnc1SCCC(=O)N1CCCCCC1. The number of methoxy groups -OCH3 is 1. The first-order chi connectivity index (χ1) is 12.3. The molecule has 2 heterocycles. The van der Waals surface area contributed by atoms with Gasteiger partial charge in [-0.1, -0.05) is 36.7 Å². The highest BCUT2D eigenvalue weighted by atomic mass is 32.2.